The molecule has 41 heavy (non-hydrogen) atoms. The Morgan fingerprint density at radius 3 is 2.00 bits per heavy atom. The normalized spacial score (nSPS) is 14.0. The molecule has 1 aliphatic rings. The second-order valence-electron chi connectivity index (χ2n) is 9.93. The summed E-state index contributed by atoms with van der Waals surface area (Å²) >= 11 is 0. The summed E-state index contributed by atoms with van der Waals surface area (Å²) in [6.45, 7) is 2.99. The first-order valence-electron chi connectivity index (χ1n) is 13.3. The van der Waals surface area contributed by atoms with Gasteiger partial charge in [0.05, 0.1) is 5.56 Å². The van der Waals surface area contributed by atoms with Crippen LogP contribution in [0.15, 0.2) is 91.1 Å². The number of halogens is 3. The third-order valence-electron chi connectivity index (χ3n) is 6.75. The highest BCUT2D eigenvalue weighted by Gasteiger charge is 2.30. The first-order chi connectivity index (χ1) is 19.7. The quantitative estimate of drug-likeness (QED) is 0.230. The molecular weight excluding hydrogens is 533 g/mol. The number of benzene rings is 3. The summed E-state index contributed by atoms with van der Waals surface area (Å²) in [5.41, 5.74) is 2.05. The van der Waals surface area contributed by atoms with Crippen LogP contribution in [0.25, 0.3) is 0 Å². The van der Waals surface area contributed by atoms with Crippen LogP contribution in [0, 0.1) is 6.92 Å². The molecule has 1 aromatic heterocycles. The molecule has 6 nitrogen and oxygen atoms in total. The van der Waals surface area contributed by atoms with E-state index in [9.17, 15) is 18.0 Å². The highest BCUT2D eigenvalue weighted by molar-refractivity contribution is 5.70. The molecule has 4 aromatic rings. The summed E-state index contributed by atoms with van der Waals surface area (Å²) in [6, 6.07) is 23.2. The minimum atomic E-state index is -4.35. The molecule has 9 heteroatoms. The third-order valence-corrected chi connectivity index (χ3v) is 6.75. The first-order valence-corrected chi connectivity index (χ1v) is 13.3. The summed E-state index contributed by atoms with van der Waals surface area (Å²) in [4.78, 5) is 18.6. The number of likely N-dealkylation sites (tertiary alicyclic amines) is 1. The standard InChI is InChI=1S/C32H29F3N2O4/c1-22-2-15-30(36-21-22)40-27-13-11-26(12-14-27)39-29-16-18-37(19-17-29)31(38)41-28-9-5-24(6-10-28)20-23-3-7-25(8-4-23)32(33,34)35/h2-15,21,29H,16-20H2,1H3. The number of pyridine rings is 1. The first kappa shape index (κ1) is 28.0. The smallest absolute Gasteiger partial charge is 0.416 e. The number of amides is 1. The van der Waals surface area contributed by atoms with E-state index in [0.29, 0.717) is 49.7 Å². The van der Waals surface area contributed by atoms with Crippen LogP contribution in [0.2, 0.25) is 0 Å². The SMILES string of the molecule is Cc1ccc(Oc2ccc(OC3CCN(C(=O)Oc4ccc(Cc5ccc(C(F)(F)F)cc5)cc4)CC3)cc2)nc1. The molecular formula is C32H29F3N2O4. The maximum absolute atomic E-state index is 12.8. The van der Waals surface area contributed by atoms with Crippen LogP contribution in [-0.2, 0) is 12.6 Å². The number of carbonyl (C=O) groups excluding carboxylic acids is 1. The monoisotopic (exact) mass is 562 g/mol. The van der Waals surface area contributed by atoms with Gasteiger partial charge in [0.1, 0.15) is 23.4 Å². The Kier molecular flexibility index (Phi) is 8.42. The van der Waals surface area contributed by atoms with Crippen LogP contribution >= 0.6 is 0 Å². The molecule has 0 atom stereocenters. The Morgan fingerprint density at radius 2 is 1.41 bits per heavy atom. The number of aryl methyl sites for hydroxylation is 1. The van der Waals surface area contributed by atoms with E-state index in [1.165, 1.54) is 12.1 Å². The molecule has 0 bridgehead atoms. The van der Waals surface area contributed by atoms with Crippen LogP contribution in [0.4, 0.5) is 18.0 Å². The molecule has 0 spiro atoms. The second-order valence-corrected chi connectivity index (χ2v) is 9.93. The summed E-state index contributed by atoms with van der Waals surface area (Å²) in [7, 11) is 0. The van der Waals surface area contributed by atoms with Gasteiger partial charge in [0, 0.05) is 38.2 Å². The summed E-state index contributed by atoms with van der Waals surface area (Å²) in [6.07, 6.45) is -1.23. The van der Waals surface area contributed by atoms with E-state index in [1.807, 2.05) is 43.3 Å². The van der Waals surface area contributed by atoms with Crippen LogP contribution in [-0.4, -0.2) is 35.2 Å². The minimum Gasteiger partial charge on any atom is -0.490 e. The summed E-state index contributed by atoms with van der Waals surface area (Å²) in [5.74, 6) is 2.33. The highest BCUT2D eigenvalue weighted by Crippen LogP contribution is 2.30. The zero-order valence-corrected chi connectivity index (χ0v) is 22.4. The van der Waals surface area contributed by atoms with Crippen molar-refractivity contribution in [2.24, 2.45) is 0 Å². The van der Waals surface area contributed by atoms with Crippen molar-refractivity contribution in [3.8, 4) is 23.1 Å². The van der Waals surface area contributed by atoms with Gasteiger partial charge in [0.15, 0.2) is 0 Å². The van der Waals surface area contributed by atoms with Crippen molar-refractivity contribution in [2.45, 2.75) is 38.5 Å². The average Bonchev–Trinajstić information content (AvgIpc) is 2.96. The van der Waals surface area contributed by atoms with Gasteiger partial charge in [-0.25, -0.2) is 9.78 Å². The van der Waals surface area contributed by atoms with Gasteiger partial charge in [-0.1, -0.05) is 30.3 Å². The van der Waals surface area contributed by atoms with Gasteiger partial charge in [0.2, 0.25) is 5.88 Å². The maximum atomic E-state index is 12.8. The van der Waals surface area contributed by atoms with Crippen molar-refractivity contribution in [3.05, 3.63) is 113 Å². The van der Waals surface area contributed by atoms with Crippen LogP contribution in [0.5, 0.6) is 23.1 Å². The predicted octanol–water partition coefficient (Wildman–Crippen LogP) is 7.83. The van der Waals surface area contributed by atoms with E-state index in [4.69, 9.17) is 14.2 Å². The number of alkyl halides is 3. The Balaban J connectivity index is 1.05. The molecule has 0 radical (unpaired) electrons. The number of hydrogen-bond donors (Lipinski definition) is 0. The lowest BCUT2D eigenvalue weighted by atomic mass is 10.0. The Bertz CT molecular complexity index is 1430. The van der Waals surface area contributed by atoms with E-state index >= 15 is 0 Å². The topological polar surface area (TPSA) is 60.9 Å². The fourth-order valence-corrected chi connectivity index (χ4v) is 4.46. The zero-order valence-electron chi connectivity index (χ0n) is 22.4. The molecule has 0 N–H and O–H groups in total. The lowest BCUT2D eigenvalue weighted by Crippen LogP contribution is -2.43. The Labute approximate surface area is 236 Å². The molecule has 0 saturated carbocycles. The Hall–Kier alpha value is -4.53. The van der Waals surface area contributed by atoms with Crippen molar-refractivity contribution in [2.75, 3.05) is 13.1 Å². The molecule has 0 unspecified atom stereocenters. The predicted molar refractivity (Wildman–Crippen MR) is 147 cm³/mol. The highest BCUT2D eigenvalue weighted by atomic mass is 19.4. The molecule has 2 heterocycles. The molecule has 1 fully saturated rings. The van der Waals surface area contributed by atoms with Gasteiger partial charge < -0.3 is 19.1 Å². The third kappa shape index (κ3) is 7.78. The van der Waals surface area contributed by atoms with Gasteiger partial charge in [0.25, 0.3) is 0 Å². The Morgan fingerprint density at radius 1 is 0.829 bits per heavy atom. The van der Waals surface area contributed by atoms with Crippen molar-refractivity contribution in [1.29, 1.82) is 0 Å². The average molecular weight is 563 g/mol. The van der Waals surface area contributed by atoms with Gasteiger partial charge >= 0.3 is 12.3 Å². The number of aromatic nitrogens is 1. The van der Waals surface area contributed by atoms with E-state index in [1.54, 1.807) is 35.4 Å². The molecule has 3 aromatic carbocycles. The summed E-state index contributed by atoms with van der Waals surface area (Å²) < 4.78 is 55.7. The fraction of sp³-hybridized carbons (Fsp3) is 0.250. The van der Waals surface area contributed by atoms with Crippen molar-refractivity contribution in [3.63, 3.8) is 0 Å². The maximum Gasteiger partial charge on any atom is 0.416 e. The van der Waals surface area contributed by atoms with E-state index in [2.05, 4.69) is 4.98 Å². The van der Waals surface area contributed by atoms with Crippen LogP contribution in [0.3, 0.4) is 0 Å². The van der Waals surface area contributed by atoms with Gasteiger partial charge in [-0.15, -0.1) is 0 Å². The van der Waals surface area contributed by atoms with Crippen LogP contribution in [0.1, 0.15) is 35.1 Å². The summed E-state index contributed by atoms with van der Waals surface area (Å²) in [5, 5.41) is 0. The molecule has 1 amide bonds. The number of ether oxygens (including phenoxy) is 3. The van der Waals surface area contributed by atoms with Crippen molar-refractivity contribution < 1.29 is 32.2 Å². The molecule has 212 valence electrons. The van der Waals surface area contributed by atoms with Gasteiger partial charge in [-0.2, -0.15) is 13.2 Å². The number of rotatable bonds is 7. The zero-order chi connectivity index (χ0) is 28.8. The molecule has 0 aliphatic carbocycles. The van der Waals surface area contributed by atoms with E-state index in [0.717, 1.165) is 34.6 Å². The van der Waals surface area contributed by atoms with Gasteiger partial charge in [-0.3, -0.25) is 0 Å². The lowest BCUT2D eigenvalue weighted by Gasteiger charge is -2.31. The lowest BCUT2D eigenvalue weighted by molar-refractivity contribution is -0.137. The van der Waals surface area contributed by atoms with E-state index < -0.39 is 17.8 Å². The largest absolute Gasteiger partial charge is 0.490 e. The van der Waals surface area contributed by atoms with E-state index in [-0.39, 0.29) is 6.10 Å². The number of carbonyl (C=O) groups is 1. The van der Waals surface area contributed by atoms with Crippen molar-refractivity contribution in [1.82, 2.24) is 9.88 Å². The number of hydrogen-bond acceptors (Lipinski definition) is 5. The molecule has 1 saturated heterocycles. The molecule has 5 rings (SSSR count). The van der Waals surface area contributed by atoms with Crippen LogP contribution < -0.4 is 14.2 Å². The minimum absolute atomic E-state index is 0.0194. The number of nitrogens with zero attached hydrogens (tertiary/aromatic N) is 2. The van der Waals surface area contributed by atoms with Gasteiger partial charge in [-0.05, 0) is 78.6 Å². The second kappa shape index (κ2) is 12.3. The number of piperidine rings is 1. The van der Waals surface area contributed by atoms with Crippen molar-refractivity contribution >= 4 is 6.09 Å². The fourth-order valence-electron chi connectivity index (χ4n) is 4.46. The molecule has 1 aliphatic heterocycles.